The number of methoxy groups -OCH3 is 1. The molecule has 6 heteroatoms. The first-order chi connectivity index (χ1) is 13.9. The lowest BCUT2D eigenvalue weighted by atomic mass is 9.90. The van der Waals surface area contributed by atoms with Crippen LogP contribution in [-0.2, 0) is 16.0 Å². The van der Waals surface area contributed by atoms with E-state index in [4.69, 9.17) is 0 Å². The summed E-state index contributed by atoms with van der Waals surface area (Å²) in [6.45, 7) is 2.09. The third kappa shape index (κ3) is 8.36. The first kappa shape index (κ1) is 24.3. The molecular weight excluding hydrogens is 452 g/mol. The van der Waals surface area contributed by atoms with Crippen molar-refractivity contribution in [3.05, 3.63) is 44.6 Å². The van der Waals surface area contributed by atoms with Crippen molar-refractivity contribution < 1.29 is 19.7 Å². The number of carbonyl (C=O) groups is 1. The Balaban J connectivity index is 1.75. The molecule has 0 radical (unpaired) electrons. The predicted molar refractivity (Wildman–Crippen MR) is 122 cm³/mol. The van der Waals surface area contributed by atoms with Crippen LogP contribution < -0.4 is 0 Å². The molecule has 162 valence electrons. The molecule has 1 aliphatic carbocycles. The van der Waals surface area contributed by atoms with Crippen molar-refractivity contribution in [2.24, 2.45) is 11.8 Å². The van der Waals surface area contributed by atoms with Gasteiger partial charge in [0.2, 0.25) is 0 Å². The van der Waals surface area contributed by atoms with Crippen LogP contribution in [0.15, 0.2) is 34.8 Å². The van der Waals surface area contributed by atoms with Crippen LogP contribution in [0, 0.1) is 18.8 Å². The van der Waals surface area contributed by atoms with Crippen molar-refractivity contribution in [2.75, 3.05) is 7.11 Å². The molecule has 4 atom stereocenters. The summed E-state index contributed by atoms with van der Waals surface area (Å²) in [4.78, 5) is 13.7. The Bertz CT molecular complexity index is 678. The van der Waals surface area contributed by atoms with Crippen molar-refractivity contribution in [1.82, 2.24) is 0 Å². The maximum atomic E-state index is 11.1. The fourth-order valence-electron chi connectivity index (χ4n) is 3.78. The third-order valence-corrected chi connectivity index (χ3v) is 7.77. The van der Waals surface area contributed by atoms with Crippen molar-refractivity contribution in [1.29, 1.82) is 0 Å². The molecule has 2 unspecified atom stereocenters. The molecule has 0 saturated heterocycles. The number of allylic oxidation sites excluding steroid dienone is 3. The number of aliphatic hydroxyl groups is 2. The number of halogens is 1. The summed E-state index contributed by atoms with van der Waals surface area (Å²) in [5.41, 5.74) is 0. The number of esters is 1. The molecule has 0 bridgehead atoms. The number of thiophene rings is 1. The maximum Gasteiger partial charge on any atom is 0.305 e. The number of unbranched alkanes of at least 4 members (excludes halogenated alkanes) is 1. The van der Waals surface area contributed by atoms with Gasteiger partial charge in [-0.15, -0.1) is 11.3 Å². The number of carbonyl (C=O) groups excluding carboxylic acids is 1. The Morgan fingerprint density at radius 2 is 2.21 bits per heavy atom. The van der Waals surface area contributed by atoms with E-state index in [0.29, 0.717) is 18.8 Å². The Morgan fingerprint density at radius 1 is 1.41 bits per heavy atom. The van der Waals surface area contributed by atoms with E-state index in [1.807, 2.05) is 6.08 Å². The molecule has 1 aliphatic rings. The fourth-order valence-corrected chi connectivity index (χ4v) is 5.40. The molecule has 29 heavy (non-hydrogen) atoms. The summed E-state index contributed by atoms with van der Waals surface area (Å²) >= 11 is 5.31. The van der Waals surface area contributed by atoms with Gasteiger partial charge in [-0.1, -0.05) is 24.3 Å². The summed E-state index contributed by atoms with van der Waals surface area (Å²) in [7, 11) is 1.41. The van der Waals surface area contributed by atoms with Gasteiger partial charge in [-0.05, 0) is 85.7 Å². The molecule has 1 heterocycles. The second-order valence-corrected chi connectivity index (χ2v) is 9.95. The van der Waals surface area contributed by atoms with E-state index in [1.165, 1.54) is 16.9 Å². The zero-order chi connectivity index (χ0) is 21.2. The number of rotatable bonds is 11. The van der Waals surface area contributed by atoms with Gasteiger partial charge in [0.15, 0.2) is 0 Å². The van der Waals surface area contributed by atoms with Crippen LogP contribution in [0.1, 0.15) is 54.7 Å². The SMILES string of the molecule is COC(=O)CCC/C=C\CC1C(O)CC[C@@H]1/C=C/[C@@H](O)CCc1cc(Br)c(C)s1. The largest absolute Gasteiger partial charge is 0.469 e. The van der Waals surface area contributed by atoms with E-state index >= 15 is 0 Å². The van der Waals surface area contributed by atoms with E-state index in [1.54, 1.807) is 11.3 Å². The van der Waals surface area contributed by atoms with Crippen molar-refractivity contribution in [3.8, 4) is 0 Å². The molecule has 1 aromatic rings. The lowest BCUT2D eigenvalue weighted by Gasteiger charge is -2.18. The molecule has 4 nitrogen and oxygen atoms in total. The van der Waals surface area contributed by atoms with E-state index < -0.39 is 6.10 Å². The van der Waals surface area contributed by atoms with Crippen LogP contribution in [0.2, 0.25) is 0 Å². The van der Waals surface area contributed by atoms with Gasteiger partial charge in [0.05, 0.1) is 19.3 Å². The highest BCUT2D eigenvalue weighted by Crippen LogP contribution is 2.36. The number of hydrogen-bond donors (Lipinski definition) is 2. The zero-order valence-electron chi connectivity index (χ0n) is 17.4. The van der Waals surface area contributed by atoms with Gasteiger partial charge in [0.25, 0.3) is 0 Å². The summed E-state index contributed by atoms with van der Waals surface area (Å²) in [6.07, 6.45) is 13.7. The smallest absolute Gasteiger partial charge is 0.305 e. The Hall–Kier alpha value is -0.950. The molecule has 0 amide bonds. The van der Waals surface area contributed by atoms with Crippen LogP contribution in [-0.4, -0.2) is 35.5 Å². The van der Waals surface area contributed by atoms with Crippen LogP contribution >= 0.6 is 27.3 Å². The topological polar surface area (TPSA) is 66.8 Å². The van der Waals surface area contributed by atoms with E-state index in [0.717, 1.165) is 43.0 Å². The summed E-state index contributed by atoms with van der Waals surface area (Å²) in [6, 6.07) is 2.14. The Morgan fingerprint density at radius 3 is 2.90 bits per heavy atom. The Labute approximate surface area is 186 Å². The van der Waals surface area contributed by atoms with Crippen LogP contribution in [0.25, 0.3) is 0 Å². The lowest BCUT2D eigenvalue weighted by molar-refractivity contribution is -0.140. The normalized spacial score (nSPS) is 23.3. The van der Waals surface area contributed by atoms with Gasteiger partial charge >= 0.3 is 5.97 Å². The second-order valence-electron chi connectivity index (χ2n) is 7.76. The summed E-state index contributed by atoms with van der Waals surface area (Å²) in [5.74, 6) is 0.332. The maximum absolute atomic E-state index is 11.1. The second kappa shape index (κ2) is 12.7. The van der Waals surface area contributed by atoms with Crippen LogP contribution in [0.3, 0.4) is 0 Å². The predicted octanol–water partition coefficient (Wildman–Crippen LogP) is 5.35. The zero-order valence-corrected chi connectivity index (χ0v) is 19.8. The first-order valence-electron chi connectivity index (χ1n) is 10.4. The lowest BCUT2D eigenvalue weighted by Crippen LogP contribution is -2.17. The van der Waals surface area contributed by atoms with Gasteiger partial charge in [0.1, 0.15) is 0 Å². The number of hydrogen-bond acceptors (Lipinski definition) is 5. The monoisotopic (exact) mass is 484 g/mol. The molecule has 0 aliphatic heterocycles. The number of ether oxygens (including phenoxy) is 1. The van der Waals surface area contributed by atoms with Crippen LogP contribution in [0.5, 0.6) is 0 Å². The standard InChI is InChI=1S/C23H33BrO4S/c1-16-21(24)15-19(29-16)13-12-18(25)11-9-17-10-14-22(26)20(17)7-5-3-4-6-8-23(27)28-2/h3,5,9,11,15,17-18,20,22,25-26H,4,6-8,10,12-14H2,1-2H3/b5-3-,11-9+/t17-,18+,20?,22?/m0/s1. The highest BCUT2D eigenvalue weighted by atomic mass is 79.9. The Kier molecular flexibility index (Phi) is 10.6. The third-order valence-electron chi connectivity index (χ3n) is 5.57. The highest BCUT2D eigenvalue weighted by Gasteiger charge is 2.32. The first-order valence-corrected chi connectivity index (χ1v) is 12.0. The van der Waals surface area contributed by atoms with Gasteiger partial charge in [-0.3, -0.25) is 4.79 Å². The van der Waals surface area contributed by atoms with Gasteiger partial charge in [-0.2, -0.15) is 0 Å². The number of aliphatic hydroxyl groups excluding tert-OH is 2. The average Bonchev–Trinajstić information content (AvgIpc) is 3.22. The molecule has 1 fully saturated rings. The summed E-state index contributed by atoms with van der Waals surface area (Å²) in [5, 5.41) is 20.6. The van der Waals surface area contributed by atoms with Crippen molar-refractivity contribution >= 4 is 33.2 Å². The minimum absolute atomic E-state index is 0.171. The van der Waals surface area contributed by atoms with Gasteiger partial charge in [0, 0.05) is 20.6 Å². The molecule has 2 rings (SSSR count). The van der Waals surface area contributed by atoms with Crippen molar-refractivity contribution in [3.63, 3.8) is 0 Å². The van der Waals surface area contributed by atoms with Crippen molar-refractivity contribution in [2.45, 2.75) is 70.5 Å². The molecule has 1 saturated carbocycles. The van der Waals surface area contributed by atoms with Crippen LogP contribution in [0.4, 0.5) is 0 Å². The molecule has 2 N–H and O–H groups in total. The molecule has 1 aromatic heterocycles. The number of aryl methyl sites for hydroxylation is 2. The van der Waals surface area contributed by atoms with E-state index in [2.05, 4.69) is 51.9 Å². The van der Waals surface area contributed by atoms with E-state index in [-0.39, 0.29) is 18.0 Å². The minimum Gasteiger partial charge on any atom is -0.469 e. The van der Waals surface area contributed by atoms with Gasteiger partial charge < -0.3 is 14.9 Å². The quantitative estimate of drug-likeness (QED) is 0.252. The fraction of sp³-hybridized carbons (Fsp3) is 0.609. The summed E-state index contributed by atoms with van der Waals surface area (Å²) < 4.78 is 5.78. The highest BCUT2D eigenvalue weighted by molar-refractivity contribution is 9.10. The molecular formula is C23H33BrO4S. The minimum atomic E-state index is -0.455. The van der Waals surface area contributed by atoms with E-state index in [9.17, 15) is 15.0 Å². The molecule has 0 spiro atoms. The molecule has 0 aromatic carbocycles. The van der Waals surface area contributed by atoms with Gasteiger partial charge in [-0.25, -0.2) is 0 Å². The average molecular weight is 485 g/mol.